The third-order valence-electron chi connectivity index (χ3n) is 4.77. The molecular formula is C16H27N3O3. The fourth-order valence-electron chi connectivity index (χ4n) is 3.44. The van der Waals surface area contributed by atoms with Gasteiger partial charge < -0.3 is 19.9 Å². The van der Waals surface area contributed by atoms with Crippen LogP contribution in [0.4, 0.5) is 4.79 Å². The predicted octanol–water partition coefficient (Wildman–Crippen LogP) is 1.21. The molecule has 0 spiro atoms. The second kappa shape index (κ2) is 6.44. The molecule has 1 N–H and O–H groups in total. The first-order valence-electron chi connectivity index (χ1n) is 8.52. The van der Waals surface area contributed by atoms with Gasteiger partial charge in [0.25, 0.3) is 0 Å². The molecule has 1 aliphatic carbocycles. The Bertz CT molecular complexity index is 420. The maximum atomic E-state index is 12.7. The van der Waals surface area contributed by atoms with Crippen LogP contribution in [0.15, 0.2) is 0 Å². The molecule has 2 saturated heterocycles. The number of hydrogen-bond acceptors (Lipinski definition) is 3. The molecule has 2 atom stereocenters. The maximum absolute atomic E-state index is 12.7. The molecule has 6 nitrogen and oxygen atoms in total. The van der Waals surface area contributed by atoms with Crippen LogP contribution in [0.3, 0.4) is 0 Å². The van der Waals surface area contributed by atoms with E-state index in [9.17, 15) is 9.59 Å². The summed E-state index contributed by atoms with van der Waals surface area (Å²) in [6.45, 7) is 6.77. The second-order valence-electron chi connectivity index (χ2n) is 6.99. The van der Waals surface area contributed by atoms with E-state index in [4.69, 9.17) is 4.74 Å². The molecule has 0 aromatic carbocycles. The van der Waals surface area contributed by atoms with Gasteiger partial charge in [-0.25, -0.2) is 4.79 Å². The van der Waals surface area contributed by atoms with Crippen LogP contribution in [0.1, 0.15) is 39.5 Å². The van der Waals surface area contributed by atoms with Crippen LogP contribution in [0.5, 0.6) is 0 Å². The first-order chi connectivity index (χ1) is 10.5. The van der Waals surface area contributed by atoms with Crippen LogP contribution in [-0.2, 0) is 9.53 Å². The van der Waals surface area contributed by atoms with E-state index in [1.165, 1.54) is 0 Å². The smallest absolute Gasteiger partial charge is 0.317 e. The molecule has 0 bridgehead atoms. The molecule has 3 fully saturated rings. The lowest BCUT2D eigenvalue weighted by Crippen LogP contribution is -2.52. The van der Waals surface area contributed by atoms with E-state index in [1.807, 2.05) is 23.6 Å². The maximum Gasteiger partial charge on any atom is 0.317 e. The zero-order chi connectivity index (χ0) is 15.7. The van der Waals surface area contributed by atoms with E-state index in [0.717, 1.165) is 25.7 Å². The first kappa shape index (κ1) is 15.6. The van der Waals surface area contributed by atoms with Crippen molar-refractivity contribution in [1.29, 1.82) is 0 Å². The van der Waals surface area contributed by atoms with Crippen LogP contribution in [0, 0.1) is 5.92 Å². The van der Waals surface area contributed by atoms with Gasteiger partial charge in [-0.2, -0.15) is 0 Å². The number of amides is 3. The van der Waals surface area contributed by atoms with Gasteiger partial charge in [0.1, 0.15) is 0 Å². The summed E-state index contributed by atoms with van der Waals surface area (Å²) >= 11 is 0. The molecular weight excluding hydrogens is 282 g/mol. The average Bonchev–Trinajstić information content (AvgIpc) is 3.29. The standard InChI is InChI=1S/C16H27N3O3/c1-11-9-19(10-12(2)22-11)15(20)13-5-7-18(8-6-13)16(21)17-14-3-4-14/h11-14H,3-10H2,1-2H3,(H,17,21)/t11-,12-/m1/s1. The van der Waals surface area contributed by atoms with E-state index < -0.39 is 0 Å². The van der Waals surface area contributed by atoms with Crippen LogP contribution in [0.2, 0.25) is 0 Å². The molecule has 0 aromatic heterocycles. The summed E-state index contributed by atoms with van der Waals surface area (Å²) < 4.78 is 5.69. The Balaban J connectivity index is 1.47. The normalized spacial score (nSPS) is 30.3. The van der Waals surface area contributed by atoms with Gasteiger partial charge in [0.05, 0.1) is 12.2 Å². The second-order valence-corrected chi connectivity index (χ2v) is 6.99. The molecule has 22 heavy (non-hydrogen) atoms. The summed E-state index contributed by atoms with van der Waals surface area (Å²) in [6, 6.07) is 0.435. The highest BCUT2D eigenvalue weighted by atomic mass is 16.5. The van der Waals surface area contributed by atoms with E-state index in [1.54, 1.807) is 0 Å². The van der Waals surface area contributed by atoms with Crippen molar-refractivity contribution in [2.45, 2.75) is 57.8 Å². The number of morpholine rings is 1. The van der Waals surface area contributed by atoms with Gasteiger partial charge >= 0.3 is 6.03 Å². The molecule has 3 aliphatic rings. The van der Waals surface area contributed by atoms with E-state index in [-0.39, 0.29) is 30.1 Å². The summed E-state index contributed by atoms with van der Waals surface area (Å²) in [7, 11) is 0. The average molecular weight is 309 g/mol. The number of carbonyl (C=O) groups is 2. The highest BCUT2D eigenvalue weighted by molar-refractivity contribution is 5.80. The third-order valence-corrected chi connectivity index (χ3v) is 4.77. The van der Waals surface area contributed by atoms with Gasteiger partial charge in [-0.3, -0.25) is 4.79 Å². The molecule has 2 heterocycles. The predicted molar refractivity (Wildman–Crippen MR) is 82.4 cm³/mol. The monoisotopic (exact) mass is 309 g/mol. The fraction of sp³-hybridized carbons (Fsp3) is 0.875. The Morgan fingerprint density at radius 1 is 0.955 bits per heavy atom. The summed E-state index contributed by atoms with van der Waals surface area (Å²) in [5.41, 5.74) is 0. The van der Waals surface area contributed by atoms with Gasteiger partial charge in [-0.15, -0.1) is 0 Å². The van der Waals surface area contributed by atoms with Crippen LogP contribution >= 0.6 is 0 Å². The molecule has 124 valence electrons. The number of ether oxygens (including phenoxy) is 1. The largest absolute Gasteiger partial charge is 0.372 e. The topological polar surface area (TPSA) is 61.9 Å². The quantitative estimate of drug-likeness (QED) is 0.834. The number of hydrogen-bond donors (Lipinski definition) is 1. The summed E-state index contributed by atoms with van der Waals surface area (Å²) in [6.07, 6.45) is 3.98. The van der Waals surface area contributed by atoms with E-state index in [0.29, 0.717) is 32.2 Å². The Morgan fingerprint density at radius 2 is 1.55 bits per heavy atom. The zero-order valence-electron chi connectivity index (χ0n) is 13.6. The van der Waals surface area contributed by atoms with Crippen molar-refractivity contribution in [3.63, 3.8) is 0 Å². The molecule has 6 heteroatoms. The Labute approximate surface area is 132 Å². The van der Waals surface area contributed by atoms with Crippen molar-refractivity contribution in [2.24, 2.45) is 5.92 Å². The van der Waals surface area contributed by atoms with E-state index >= 15 is 0 Å². The van der Waals surface area contributed by atoms with Crippen LogP contribution < -0.4 is 5.32 Å². The minimum atomic E-state index is 0.0435. The van der Waals surface area contributed by atoms with Gasteiger partial charge in [0.2, 0.25) is 5.91 Å². The highest BCUT2D eigenvalue weighted by Crippen LogP contribution is 2.23. The van der Waals surface area contributed by atoms with Crippen LogP contribution in [0.25, 0.3) is 0 Å². The number of carbonyl (C=O) groups excluding carboxylic acids is 2. The van der Waals surface area contributed by atoms with Crippen molar-refractivity contribution in [3.05, 3.63) is 0 Å². The SMILES string of the molecule is C[C@@H]1CN(C(=O)C2CCN(C(=O)NC3CC3)CC2)C[C@@H](C)O1. The van der Waals surface area contributed by atoms with Gasteiger partial charge in [-0.05, 0) is 39.5 Å². The molecule has 0 unspecified atom stereocenters. The van der Waals surface area contributed by atoms with Crippen molar-refractivity contribution in [1.82, 2.24) is 15.1 Å². The highest BCUT2D eigenvalue weighted by Gasteiger charge is 2.34. The lowest BCUT2D eigenvalue weighted by Gasteiger charge is -2.39. The number of rotatable bonds is 2. The summed E-state index contributed by atoms with van der Waals surface area (Å²) in [5.74, 6) is 0.298. The number of nitrogens with zero attached hydrogens (tertiary/aromatic N) is 2. The lowest BCUT2D eigenvalue weighted by atomic mass is 9.95. The van der Waals surface area contributed by atoms with Gasteiger partial charge in [0.15, 0.2) is 0 Å². The Morgan fingerprint density at radius 3 is 2.09 bits per heavy atom. The number of piperidine rings is 1. The van der Waals surface area contributed by atoms with Crippen molar-refractivity contribution >= 4 is 11.9 Å². The third kappa shape index (κ3) is 3.72. The molecule has 0 aromatic rings. The summed E-state index contributed by atoms with van der Waals surface area (Å²) in [4.78, 5) is 28.5. The van der Waals surface area contributed by atoms with Crippen molar-refractivity contribution in [2.75, 3.05) is 26.2 Å². The minimum Gasteiger partial charge on any atom is -0.372 e. The molecule has 2 aliphatic heterocycles. The first-order valence-corrected chi connectivity index (χ1v) is 8.52. The Hall–Kier alpha value is -1.30. The number of urea groups is 1. The lowest BCUT2D eigenvalue weighted by molar-refractivity contribution is -0.148. The number of nitrogens with one attached hydrogen (secondary N) is 1. The van der Waals surface area contributed by atoms with Gasteiger partial charge in [-0.1, -0.05) is 0 Å². The van der Waals surface area contributed by atoms with E-state index in [2.05, 4.69) is 5.32 Å². The van der Waals surface area contributed by atoms with Crippen LogP contribution in [-0.4, -0.2) is 66.2 Å². The zero-order valence-corrected chi connectivity index (χ0v) is 13.6. The van der Waals surface area contributed by atoms with Crippen molar-refractivity contribution < 1.29 is 14.3 Å². The molecule has 1 saturated carbocycles. The molecule has 3 amide bonds. The minimum absolute atomic E-state index is 0.0435. The molecule has 0 radical (unpaired) electrons. The van der Waals surface area contributed by atoms with Crippen molar-refractivity contribution in [3.8, 4) is 0 Å². The fourth-order valence-corrected chi connectivity index (χ4v) is 3.44. The molecule has 3 rings (SSSR count). The summed E-state index contributed by atoms with van der Waals surface area (Å²) in [5, 5.41) is 3.02. The van der Waals surface area contributed by atoms with Gasteiger partial charge in [0, 0.05) is 38.1 Å². The Kier molecular flexibility index (Phi) is 4.57. The number of likely N-dealkylation sites (tertiary alicyclic amines) is 1.